The lowest BCUT2D eigenvalue weighted by Crippen LogP contribution is -2.48. The highest BCUT2D eigenvalue weighted by Crippen LogP contribution is 2.18. The summed E-state index contributed by atoms with van der Waals surface area (Å²) in [5.74, 6) is -1.44. The van der Waals surface area contributed by atoms with Crippen LogP contribution in [0.2, 0.25) is 0 Å². The number of carbonyl (C=O) groups is 2. The van der Waals surface area contributed by atoms with Gasteiger partial charge in [-0.05, 0) is 26.9 Å². The van der Waals surface area contributed by atoms with Crippen LogP contribution in [0, 0.1) is 5.92 Å². The lowest BCUT2D eigenvalue weighted by atomic mass is 10.0. The van der Waals surface area contributed by atoms with Gasteiger partial charge in [-0.1, -0.05) is 13.3 Å². The zero-order valence-corrected chi connectivity index (χ0v) is 13.1. The lowest BCUT2D eigenvalue weighted by Gasteiger charge is -2.27. The maximum Gasteiger partial charge on any atom is 0.317 e. The minimum Gasteiger partial charge on any atom is -0.481 e. The number of β-amino-alcohol motifs (C(OH)–C–C–N with tert-alkyl or cyclic N) is 1. The number of likely N-dealkylation sites (tertiary alicyclic amines) is 1. The van der Waals surface area contributed by atoms with E-state index < -0.39 is 18.0 Å². The predicted molar refractivity (Wildman–Crippen MR) is 79.1 cm³/mol. The molecule has 21 heavy (non-hydrogen) atoms. The molecule has 0 radical (unpaired) electrons. The quantitative estimate of drug-likeness (QED) is 0.624. The van der Waals surface area contributed by atoms with Gasteiger partial charge in [-0.2, -0.15) is 0 Å². The number of carboxylic acids is 1. The minimum atomic E-state index is -0.886. The van der Waals surface area contributed by atoms with Crippen molar-refractivity contribution >= 4 is 12.0 Å². The van der Waals surface area contributed by atoms with E-state index in [9.17, 15) is 14.7 Å². The third-order valence-corrected chi connectivity index (χ3v) is 3.72. The summed E-state index contributed by atoms with van der Waals surface area (Å²) in [5.41, 5.74) is 0. The Balaban J connectivity index is 2.54. The van der Waals surface area contributed by atoms with Crippen molar-refractivity contribution in [3.63, 3.8) is 0 Å². The first-order valence-corrected chi connectivity index (χ1v) is 7.45. The highest BCUT2D eigenvalue weighted by molar-refractivity contribution is 5.76. The molecule has 2 amide bonds. The van der Waals surface area contributed by atoms with E-state index in [1.165, 1.54) is 0 Å². The normalized spacial score (nSPS) is 23.4. The van der Waals surface area contributed by atoms with E-state index in [0.717, 1.165) is 6.42 Å². The second kappa shape index (κ2) is 8.19. The molecule has 7 heteroatoms. The molecule has 1 heterocycles. The monoisotopic (exact) mass is 301 g/mol. The number of urea groups is 1. The molecular formula is C14H27N3O4. The van der Waals surface area contributed by atoms with E-state index in [-0.39, 0.29) is 18.6 Å². The van der Waals surface area contributed by atoms with Crippen LogP contribution in [0.3, 0.4) is 0 Å². The standard InChI is InChI=1S/C14H27N3O4/c1-4-5-10(13(19)20)7-15-14(21)17-9-12(18)6-11(17)8-16(2)3/h10-12,18H,4-9H2,1-3H3,(H,15,21)(H,19,20). The Kier molecular flexibility index (Phi) is 6.91. The van der Waals surface area contributed by atoms with Crippen molar-refractivity contribution in [2.75, 3.05) is 33.7 Å². The van der Waals surface area contributed by atoms with E-state index in [0.29, 0.717) is 25.9 Å². The van der Waals surface area contributed by atoms with Crippen LogP contribution >= 0.6 is 0 Å². The third kappa shape index (κ3) is 5.51. The molecule has 1 rings (SSSR count). The lowest BCUT2D eigenvalue weighted by molar-refractivity contribution is -0.141. The molecule has 122 valence electrons. The highest BCUT2D eigenvalue weighted by atomic mass is 16.4. The van der Waals surface area contributed by atoms with Crippen LogP contribution in [0.25, 0.3) is 0 Å². The van der Waals surface area contributed by atoms with E-state index in [1.807, 2.05) is 25.9 Å². The topological polar surface area (TPSA) is 93.1 Å². The Hall–Kier alpha value is -1.34. The van der Waals surface area contributed by atoms with Crippen molar-refractivity contribution < 1.29 is 19.8 Å². The average molecular weight is 301 g/mol. The number of rotatable bonds is 7. The zero-order chi connectivity index (χ0) is 16.0. The fourth-order valence-corrected chi connectivity index (χ4v) is 2.71. The summed E-state index contributed by atoms with van der Waals surface area (Å²) in [6.07, 6.45) is 1.35. The summed E-state index contributed by atoms with van der Waals surface area (Å²) in [7, 11) is 3.84. The van der Waals surface area contributed by atoms with Crippen LogP contribution in [0.1, 0.15) is 26.2 Å². The second-order valence-corrected chi connectivity index (χ2v) is 5.97. The summed E-state index contributed by atoms with van der Waals surface area (Å²) in [5, 5.41) is 21.5. The number of aliphatic carboxylic acids is 1. The van der Waals surface area contributed by atoms with Gasteiger partial charge in [-0.15, -0.1) is 0 Å². The van der Waals surface area contributed by atoms with E-state index in [1.54, 1.807) is 4.90 Å². The van der Waals surface area contributed by atoms with Crippen molar-refractivity contribution in [2.24, 2.45) is 5.92 Å². The highest BCUT2D eigenvalue weighted by Gasteiger charge is 2.34. The maximum atomic E-state index is 12.2. The predicted octanol–water partition coefficient (Wildman–Crippen LogP) is 0.194. The molecule has 0 aromatic rings. The van der Waals surface area contributed by atoms with Gasteiger partial charge in [0.15, 0.2) is 0 Å². The van der Waals surface area contributed by atoms with Crippen LogP contribution in [0.4, 0.5) is 4.79 Å². The number of aliphatic hydroxyl groups is 1. The van der Waals surface area contributed by atoms with E-state index in [2.05, 4.69) is 5.32 Å². The maximum absolute atomic E-state index is 12.2. The van der Waals surface area contributed by atoms with Crippen molar-refractivity contribution in [2.45, 2.75) is 38.3 Å². The Morgan fingerprint density at radius 3 is 2.62 bits per heavy atom. The summed E-state index contributed by atoms with van der Waals surface area (Å²) in [6.45, 7) is 3.03. The number of carboxylic acid groups (broad SMARTS) is 1. The Morgan fingerprint density at radius 2 is 2.10 bits per heavy atom. The first-order valence-electron chi connectivity index (χ1n) is 7.45. The molecule has 0 bridgehead atoms. The number of hydrogen-bond acceptors (Lipinski definition) is 4. The van der Waals surface area contributed by atoms with Crippen LogP contribution in [0.15, 0.2) is 0 Å². The van der Waals surface area contributed by atoms with E-state index >= 15 is 0 Å². The van der Waals surface area contributed by atoms with Gasteiger partial charge in [-0.3, -0.25) is 4.79 Å². The van der Waals surface area contributed by atoms with Gasteiger partial charge in [-0.25, -0.2) is 4.79 Å². The second-order valence-electron chi connectivity index (χ2n) is 5.97. The molecule has 0 saturated carbocycles. The molecule has 7 nitrogen and oxygen atoms in total. The largest absolute Gasteiger partial charge is 0.481 e. The number of hydrogen-bond donors (Lipinski definition) is 3. The number of amides is 2. The number of carbonyl (C=O) groups excluding carboxylic acids is 1. The number of likely N-dealkylation sites (N-methyl/N-ethyl adjacent to an activating group) is 1. The summed E-state index contributed by atoms with van der Waals surface area (Å²) < 4.78 is 0. The summed E-state index contributed by atoms with van der Waals surface area (Å²) >= 11 is 0. The molecule has 1 saturated heterocycles. The zero-order valence-electron chi connectivity index (χ0n) is 13.1. The molecule has 1 aliphatic rings. The smallest absolute Gasteiger partial charge is 0.317 e. The first kappa shape index (κ1) is 17.7. The van der Waals surface area contributed by atoms with Gasteiger partial charge in [0.05, 0.1) is 12.0 Å². The van der Waals surface area contributed by atoms with Crippen molar-refractivity contribution in [1.82, 2.24) is 15.1 Å². The number of nitrogens with one attached hydrogen (secondary N) is 1. The first-order chi connectivity index (χ1) is 9.85. The van der Waals surface area contributed by atoms with Crippen molar-refractivity contribution in [3.05, 3.63) is 0 Å². The molecule has 0 aromatic heterocycles. The van der Waals surface area contributed by atoms with Gasteiger partial charge in [0.25, 0.3) is 0 Å². The number of aliphatic hydroxyl groups excluding tert-OH is 1. The van der Waals surface area contributed by atoms with Crippen LogP contribution < -0.4 is 5.32 Å². The van der Waals surface area contributed by atoms with E-state index in [4.69, 9.17) is 5.11 Å². The van der Waals surface area contributed by atoms with Gasteiger partial charge in [0.2, 0.25) is 0 Å². The Bertz CT molecular complexity index is 362. The fraction of sp³-hybridized carbons (Fsp3) is 0.857. The molecule has 1 fully saturated rings. The van der Waals surface area contributed by atoms with Gasteiger partial charge in [0.1, 0.15) is 0 Å². The summed E-state index contributed by atoms with van der Waals surface area (Å²) in [4.78, 5) is 26.9. The molecule has 3 N–H and O–H groups in total. The molecule has 1 aliphatic heterocycles. The summed E-state index contributed by atoms with van der Waals surface area (Å²) in [6, 6.07) is -0.329. The van der Waals surface area contributed by atoms with Crippen molar-refractivity contribution in [1.29, 1.82) is 0 Å². The molecular weight excluding hydrogens is 274 g/mol. The third-order valence-electron chi connectivity index (χ3n) is 3.72. The Morgan fingerprint density at radius 1 is 1.43 bits per heavy atom. The molecule has 0 spiro atoms. The molecule has 3 atom stereocenters. The van der Waals surface area contributed by atoms with Gasteiger partial charge < -0.3 is 25.3 Å². The average Bonchev–Trinajstić information content (AvgIpc) is 2.73. The van der Waals surface area contributed by atoms with Gasteiger partial charge >= 0.3 is 12.0 Å². The SMILES string of the molecule is CCCC(CNC(=O)N1CC(O)CC1CN(C)C)C(=O)O. The Labute approximate surface area is 125 Å². The molecule has 3 unspecified atom stereocenters. The van der Waals surface area contributed by atoms with Crippen LogP contribution in [0.5, 0.6) is 0 Å². The minimum absolute atomic E-state index is 0.0375. The van der Waals surface area contributed by atoms with Crippen molar-refractivity contribution in [3.8, 4) is 0 Å². The molecule has 0 aromatic carbocycles. The van der Waals surface area contributed by atoms with Gasteiger partial charge in [0, 0.05) is 25.7 Å². The van der Waals surface area contributed by atoms with Crippen LogP contribution in [-0.4, -0.2) is 77.9 Å². The van der Waals surface area contributed by atoms with Crippen LogP contribution in [-0.2, 0) is 4.79 Å². The molecule has 0 aliphatic carbocycles. The fourth-order valence-electron chi connectivity index (χ4n) is 2.71. The number of nitrogens with zero attached hydrogens (tertiary/aromatic N) is 2.